The summed E-state index contributed by atoms with van der Waals surface area (Å²) in [4.78, 5) is 15.4. The number of rotatable bonds is 7. The molecule has 0 spiro atoms. The zero-order chi connectivity index (χ0) is 20.2. The Labute approximate surface area is 167 Å². The second-order valence-corrected chi connectivity index (χ2v) is 6.97. The number of aromatic amines is 1. The minimum Gasteiger partial charge on any atom is -0.425 e. The predicted octanol–water partition coefficient (Wildman–Crippen LogP) is 4.09. The average molecular weight is 392 g/mol. The lowest BCUT2D eigenvalue weighted by Gasteiger charge is -2.13. The van der Waals surface area contributed by atoms with Crippen LogP contribution in [0.25, 0.3) is 10.9 Å². The van der Waals surface area contributed by atoms with Crippen molar-refractivity contribution >= 4 is 16.8 Å². The first-order valence-electron chi connectivity index (χ1n) is 9.49. The Bertz CT molecular complexity index is 1120. The van der Waals surface area contributed by atoms with Gasteiger partial charge in [-0.1, -0.05) is 30.3 Å². The molecule has 0 saturated carbocycles. The first-order valence-corrected chi connectivity index (χ1v) is 9.49. The Kier molecular flexibility index (Phi) is 5.37. The molecule has 4 aromatic rings. The fourth-order valence-corrected chi connectivity index (χ4v) is 3.27. The molecule has 7 heteroatoms. The summed E-state index contributed by atoms with van der Waals surface area (Å²) in [6.07, 6.45) is 3.08. The number of halogens is 1. The smallest absolute Gasteiger partial charge is 0.221 e. The van der Waals surface area contributed by atoms with Gasteiger partial charge in [-0.2, -0.15) is 0 Å². The molecule has 2 heterocycles. The highest BCUT2D eigenvalue weighted by atomic mass is 19.1. The van der Waals surface area contributed by atoms with E-state index in [-0.39, 0.29) is 24.2 Å². The number of hydrogen-bond acceptors (Lipinski definition) is 4. The predicted molar refractivity (Wildman–Crippen MR) is 107 cm³/mol. The van der Waals surface area contributed by atoms with Gasteiger partial charge in [-0.25, -0.2) is 4.39 Å². The molecule has 2 aromatic heterocycles. The van der Waals surface area contributed by atoms with Gasteiger partial charge in [0.2, 0.25) is 17.7 Å². The normalized spacial score (nSPS) is 12.2. The van der Waals surface area contributed by atoms with Crippen molar-refractivity contribution in [2.75, 3.05) is 0 Å². The number of aryl methyl sites for hydroxylation is 1. The first-order chi connectivity index (χ1) is 14.1. The van der Waals surface area contributed by atoms with Gasteiger partial charge < -0.3 is 14.7 Å². The van der Waals surface area contributed by atoms with Gasteiger partial charge in [-0.05, 0) is 36.2 Å². The molecule has 148 valence electrons. The summed E-state index contributed by atoms with van der Waals surface area (Å²) in [5.41, 5.74) is 2.99. The number of hydrogen-bond donors (Lipinski definition) is 2. The van der Waals surface area contributed by atoms with E-state index in [9.17, 15) is 9.18 Å². The average Bonchev–Trinajstić information content (AvgIpc) is 3.34. The van der Waals surface area contributed by atoms with Crippen molar-refractivity contribution in [1.29, 1.82) is 0 Å². The maximum absolute atomic E-state index is 13.0. The molecule has 4 rings (SSSR count). The highest BCUT2D eigenvalue weighted by Crippen LogP contribution is 2.20. The Morgan fingerprint density at radius 3 is 2.72 bits per heavy atom. The maximum atomic E-state index is 13.0. The van der Waals surface area contributed by atoms with E-state index in [0.717, 1.165) is 22.0 Å². The number of amides is 1. The topological polar surface area (TPSA) is 83.8 Å². The lowest BCUT2D eigenvalue weighted by Crippen LogP contribution is -2.26. The molecule has 0 aliphatic heterocycles. The van der Waals surface area contributed by atoms with Crippen LogP contribution in [-0.2, 0) is 17.6 Å². The van der Waals surface area contributed by atoms with Crippen LogP contribution in [0.15, 0.2) is 59.1 Å². The number of nitrogens with one attached hydrogen (secondary N) is 2. The molecular formula is C22H21FN4O2. The van der Waals surface area contributed by atoms with Crippen LogP contribution < -0.4 is 5.32 Å². The Morgan fingerprint density at radius 2 is 1.90 bits per heavy atom. The van der Waals surface area contributed by atoms with Crippen molar-refractivity contribution in [1.82, 2.24) is 20.5 Å². The van der Waals surface area contributed by atoms with Gasteiger partial charge in [-0.3, -0.25) is 4.79 Å². The summed E-state index contributed by atoms with van der Waals surface area (Å²) in [6.45, 7) is 1.86. The van der Waals surface area contributed by atoms with E-state index >= 15 is 0 Å². The number of aromatic nitrogens is 3. The van der Waals surface area contributed by atoms with Gasteiger partial charge in [0, 0.05) is 29.9 Å². The molecule has 0 aliphatic rings. The highest BCUT2D eigenvalue weighted by molar-refractivity contribution is 5.83. The van der Waals surface area contributed by atoms with Crippen molar-refractivity contribution < 1.29 is 13.6 Å². The van der Waals surface area contributed by atoms with Gasteiger partial charge >= 0.3 is 0 Å². The van der Waals surface area contributed by atoms with E-state index < -0.39 is 0 Å². The van der Waals surface area contributed by atoms with E-state index in [0.29, 0.717) is 24.6 Å². The number of fused-ring (bicyclic) bond motifs is 1. The molecule has 2 aromatic carbocycles. The van der Waals surface area contributed by atoms with Crippen LogP contribution in [0.1, 0.15) is 42.3 Å². The van der Waals surface area contributed by atoms with Crippen LogP contribution >= 0.6 is 0 Å². The maximum Gasteiger partial charge on any atom is 0.221 e. The second-order valence-electron chi connectivity index (χ2n) is 6.97. The molecule has 2 N–H and O–H groups in total. The number of para-hydroxylation sites is 1. The fraction of sp³-hybridized carbons (Fsp3) is 0.227. The van der Waals surface area contributed by atoms with Crippen LogP contribution in [0.4, 0.5) is 4.39 Å². The fourth-order valence-electron chi connectivity index (χ4n) is 3.27. The van der Waals surface area contributed by atoms with Gasteiger partial charge in [-0.15, -0.1) is 10.2 Å². The van der Waals surface area contributed by atoms with Crippen LogP contribution in [0.5, 0.6) is 0 Å². The van der Waals surface area contributed by atoms with Crippen molar-refractivity contribution in [2.24, 2.45) is 0 Å². The zero-order valence-corrected chi connectivity index (χ0v) is 16.0. The van der Waals surface area contributed by atoms with Crippen molar-refractivity contribution in [3.63, 3.8) is 0 Å². The molecule has 1 amide bonds. The molecule has 6 nitrogen and oxygen atoms in total. The van der Waals surface area contributed by atoms with Crippen LogP contribution in [0, 0.1) is 5.82 Å². The van der Waals surface area contributed by atoms with Crippen LogP contribution in [-0.4, -0.2) is 21.1 Å². The summed E-state index contributed by atoms with van der Waals surface area (Å²) in [5, 5.41) is 12.2. The molecule has 0 bridgehead atoms. The lowest BCUT2D eigenvalue weighted by atomic mass is 10.1. The Morgan fingerprint density at radius 1 is 1.14 bits per heavy atom. The molecule has 29 heavy (non-hydrogen) atoms. The van der Waals surface area contributed by atoms with Crippen molar-refractivity contribution in [2.45, 2.75) is 32.2 Å². The lowest BCUT2D eigenvalue weighted by molar-refractivity contribution is -0.121. The van der Waals surface area contributed by atoms with E-state index in [2.05, 4.69) is 20.5 Å². The van der Waals surface area contributed by atoms with Gasteiger partial charge in [0.25, 0.3) is 0 Å². The number of benzene rings is 2. The molecule has 1 atom stereocenters. The summed E-state index contributed by atoms with van der Waals surface area (Å²) in [7, 11) is 0. The number of carbonyl (C=O) groups is 1. The minimum absolute atomic E-state index is 0.127. The summed E-state index contributed by atoms with van der Waals surface area (Å²) in [6, 6.07) is 13.9. The molecule has 0 radical (unpaired) electrons. The number of nitrogens with zero attached hydrogens (tertiary/aromatic N) is 2. The van der Waals surface area contributed by atoms with Crippen LogP contribution in [0.3, 0.4) is 0 Å². The Hall–Kier alpha value is -3.48. The van der Waals surface area contributed by atoms with Gasteiger partial charge in [0.05, 0.1) is 12.5 Å². The zero-order valence-electron chi connectivity index (χ0n) is 16.0. The number of carbonyl (C=O) groups excluding carboxylic acids is 1. The summed E-state index contributed by atoms with van der Waals surface area (Å²) < 4.78 is 18.7. The molecule has 0 saturated heterocycles. The van der Waals surface area contributed by atoms with Crippen molar-refractivity contribution in [3.8, 4) is 0 Å². The summed E-state index contributed by atoms with van der Waals surface area (Å²) in [5.74, 6) is 0.527. The van der Waals surface area contributed by atoms with Crippen molar-refractivity contribution in [3.05, 3.63) is 83.5 Å². The molecule has 0 aliphatic carbocycles. The van der Waals surface area contributed by atoms with E-state index in [4.69, 9.17) is 4.42 Å². The van der Waals surface area contributed by atoms with E-state index in [1.165, 1.54) is 12.1 Å². The standard InChI is InChI=1S/C22H21FN4O2/c1-14(15-6-8-17(23)9-7-15)25-20(28)10-11-21-26-27-22(29-21)12-16-13-24-19-5-3-2-4-18(16)19/h2-9,13-14,24H,10-12H2,1H3,(H,25,28). The third kappa shape index (κ3) is 4.51. The highest BCUT2D eigenvalue weighted by Gasteiger charge is 2.13. The quantitative estimate of drug-likeness (QED) is 0.496. The number of H-pyrrole nitrogens is 1. The molecular weight excluding hydrogens is 371 g/mol. The monoisotopic (exact) mass is 392 g/mol. The third-order valence-corrected chi connectivity index (χ3v) is 4.84. The third-order valence-electron chi connectivity index (χ3n) is 4.84. The first kappa shape index (κ1) is 18.9. The molecule has 0 fully saturated rings. The minimum atomic E-state index is -0.299. The second kappa shape index (κ2) is 8.26. The summed E-state index contributed by atoms with van der Waals surface area (Å²) >= 11 is 0. The molecule has 1 unspecified atom stereocenters. The van der Waals surface area contributed by atoms with Gasteiger partial charge in [0.15, 0.2) is 0 Å². The van der Waals surface area contributed by atoms with Crippen LogP contribution in [0.2, 0.25) is 0 Å². The van der Waals surface area contributed by atoms with E-state index in [1.54, 1.807) is 12.1 Å². The Balaban J connectivity index is 1.31. The SMILES string of the molecule is CC(NC(=O)CCc1nnc(Cc2c[nH]c3ccccc23)o1)c1ccc(F)cc1. The van der Waals surface area contributed by atoms with E-state index in [1.807, 2.05) is 37.4 Å². The largest absolute Gasteiger partial charge is 0.425 e. The van der Waals surface area contributed by atoms with Gasteiger partial charge in [0.1, 0.15) is 5.82 Å².